The topological polar surface area (TPSA) is 81.5 Å². The lowest BCUT2D eigenvalue weighted by molar-refractivity contribution is 0.0941. The summed E-state index contributed by atoms with van der Waals surface area (Å²) in [5.74, 6) is 0.604. The zero-order chi connectivity index (χ0) is 23.5. The summed E-state index contributed by atoms with van der Waals surface area (Å²) in [6.07, 6.45) is 1.93. The lowest BCUT2D eigenvalue weighted by atomic mass is 10.1. The molecule has 5 rings (SSSR count). The normalized spacial score (nSPS) is 14.0. The van der Waals surface area contributed by atoms with Gasteiger partial charge < -0.3 is 19.7 Å². The molecular formula is C25H27N5O3S. The summed E-state index contributed by atoms with van der Waals surface area (Å²) in [5, 5.41) is 7.70. The van der Waals surface area contributed by atoms with Crippen LogP contribution in [0.25, 0.3) is 27.3 Å². The van der Waals surface area contributed by atoms with E-state index in [9.17, 15) is 4.79 Å². The summed E-state index contributed by atoms with van der Waals surface area (Å²) >= 11 is 1.46. The summed E-state index contributed by atoms with van der Waals surface area (Å²) in [6.45, 7) is 5.94. The predicted molar refractivity (Wildman–Crippen MR) is 134 cm³/mol. The van der Waals surface area contributed by atoms with Crippen molar-refractivity contribution in [3.63, 3.8) is 0 Å². The Morgan fingerprint density at radius 2 is 2.06 bits per heavy atom. The average molecular weight is 478 g/mol. The maximum absolute atomic E-state index is 12.7. The third-order valence-electron chi connectivity index (χ3n) is 5.75. The summed E-state index contributed by atoms with van der Waals surface area (Å²) in [5.41, 5.74) is 4.99. The fourth-order valence-corrected chi connectivity index (χ4v) is 5.08. The minimum Gasteiger partial charge on any atom is -0.383 e. The highest BCUT2D eigenvalue weighted by molar-refractivity contribution is 7.21. The molecule has 0 saturated carbocycles. The Morgan fingerprint density at radius 3 is 2.85 bits per heavy atom. The second-order valence-corrected chi connectivity index (χ2v) is 9.24. The molecule has 1 aliphatic rings. The SMILES string of the molecule is COCCNC(=O)c1cc2nc(-n3ccc(-c4cccc(C)c4)n3)cc(N3CCOCC3)c2s1. The Morgan fingerprint density at radius 1 is 1.21 bits per heavy atom. The molecule has 8 nitrogen and oxygen atoms in total. The highest BCUT2D eigenvalue weighted by Gasteiger charge is 2.21. The first-order valence-electron chi connectivity index (χ1n) is 11.3. The Kier molecular flexibility index (Phi) is 6.57. The molecule has 0 atom stereocenters. The largest absolute Gasteiger partial charge is 0.383 e. The number of ether oxygens (including phenoxy) is 2. The molecule has 1 N–H and O–H groups in total. The fraction of sp³-hybridized carbons (Fsp3) is 0.320. The number of hydrogen-bond donors (Lipinski definition) is 1. The molecule has 0 unspecified atom stereocenters. The van der Waals surface area contributed by atoms with Crippen LogP contribution in [-0.4, -0.2) is 67.2 Å². The second kappa shape index (κ2) is 9.92. The number of thiophene rings is 1. The fourth-order valence-electron chi connectivity index (χ4n) is 4.02. The Balaban J connectivity index is 1.54. The molecule has 176 valence electrons. The van der Waals surface area contributed by atoms with Crippen LogP contribution in [0, 0.1) is 6.92 Å². The van der Waals surface area contributed by atoms with E-state index in [1.807, 2.05) is 24.4 Å². The van der Waals surface area contributed by atoms with Crippen LogP contribution in [0.1, 0.15) is 15.2 Å². The Labute approximate surface area is 202 Å². The molecule has 4 aromatic rings. The molecule has 0 bridgehead atoms. The van der Waals surface area contributed by atoms with Gasteiger partial charge in [-0.05, 0) is 25.1 Å². The lowest BCUT2D eigenvalue weighted by Gasteiger charge is -2.29. The number of methoxy groups -OCH3 is 1. The minimum atomic E-state index is -0.115. The molecule has 1 amide bonds. The first kappa shape index (κ1) is 22.5. The number of carbonyl (C=O) groups excluding carboxylic acids is 1. The molecule has 3 aromatic heterocycles. The number of nitrogens with zero attached hydrogens (tertiary/aromatic N) is 4. The van der Waals surface area contributed by atoms with Crippen molar-refractivity contribution in [2.45, 2.75) is 6.92 Å². The molecule has 1 fully saturated rings. The van der Waals surface area contributed by atoms with Crippen LogP contribution in [0.5, 0.6) is 0 Å². The van der Waals surface area contributed by atoms with Crippen LogP contribution in [0.2, 0.25) is 0 Å². The van der Waals surface area contributed by atoms with E-state index in [0.29, 0.717) is 31.2 Å². The standard InChI is InChI=1S/C25H27N5O3S/c1-17-4-3-5-18(14-17)19-6-8-30(28-19)23-16-21(29-9-12-33-13-10-29)24-20(27-23)15-22(34-24)25(31)26-7-11-32-2/h3-6,8,14-16H,7,9-13H2,1-2H3,(H,26,31). The van der Waals surface area contributed by atoms with Gasteiger partial charge in [0.1, 0.15) is 0 Å². The Bertz CT molecular complexity index is 1310. The van der Waals surface area contributed by atoms with E-state index in [0.717, 1.165) is 46.1 Å². The number of pyridine rings is 1. The maximum atomic E-state index is 12.7. The summed E-state index contributed by atoms with van der Waals surface area (Å²) in [6, 6.07) is 14.2. The van der Waals surface area contributed by atoms with Gasteiger partial charge in [0.2, 0.25) is 0 Å². The van der Waals surface area contributed by atoms with Gasteiger partial charge in [0.05, 0.1) is 46.3 Å². The van der Waals surface area contributed by atoms with Gasteiger partial charge in [0.25, 0.3) is 5.91 Å². The predicted octanol–water partition coefficient (Wildman–Crippen LogP) is 3.67. The van der Waals surface area contributed by atoms with Crippen molar-refractivity contribution in [1.82, 2.24) is 20.1 Å². The number of carbonyl (C=O) groups is 1. The lowest BCUT2D eigenvalue weighted by Crippen LogP contribution is -2.36. The van der Waals surface area contributed by atoms with E-state index in [2.05, 4.69) is 41.4 Å². The quantitative estimate of drug-likeness (QED) is 0.409. The van der Waals surface area contributed by atoms with Crippen LogP contribution in [-0.2, 0) is 9.47 Å². The number of aryl methyl sites for hydroxylation is 1. The Hall–Kier alpha value is -3.27. The van der Waals surface area contributed by atoms with Crippen LogP contribution in [0.4, 0.5) is 5.69 Å². The number of hydrogen-bond acceptors (Lipinski definition) is 7. The van der Waals surface area contributed by atoms with Gasteiger partial charge >= 0.3 is 0 Å². The third-order valence-corrected chi connectivity index (χ3v) is 6.90. The molecule has 34 heavy (non-hydrogen) atoms. The maximum Gasteiger partial charge on any atom is 0.261 e. The molecule has 0 aliphatic carbocycles. The molecule has 0 radical (unpaired) electrons. The van der Waals surface area contributed by atoms with Gasteiger partial charge in [-0.3, -0.25) is 4.79 Å². The molecule has 0 spiro atoms. The van der Waals surface area contributed by atoms with Crippen LogP contribution < -0.4 is 10.2 Å². The second-order valence-electron chi connectivity index (χ2n) is 8.19. The first-order chi connectivity index (χ1) is 16.6. The van der Waals surface area contributed by atoms with Gasteiger partial charge in [-0.25, -0.2) is 9.67 Å². The number of anilines is 1. The molecule has 1 saturated heterocycles. The van der Waals surface area contributed by atoms with E-state index in [4.69, 9.17) is 19.6 Å². The monoisotopic (exact) mass is 477 g/mol. The van der Waals surface area contributed by atoms with Gasteiger partial charge in [-0.15, -0.1) is 11.3 Å². The number of benzene rings is 1. The van der Waals surface area contributed by atoms with Crippen LogP contribution in [0.3, 0.4) is 0 Å². The highest BCUT2D eigenvalue weighted by Crippen LogP contribution is 2.35. The highest BCUT2D eigenvalue weighted by atomic mass is 32.1. The molecular weight excluding hydrogens is 450 g/mol. The van der Waals surface area contributed by atoms with E-state index in [-0.39, 0.29) is 5.91 Å². The number of amides is 1. The van der Waals surface area contributed by atoms with Crippen molar-refractivity contribution in [3.8, 4) is 17.1 Å². The van der Waals surface area contributed by atoms with Crippen molar-refractivity contribution in [2.24, 2.45) is 0 Å². The summed E-state index contributed by atoms with van der Waals surface area (Å²) in [4.78, 5) is 20.5. The number of aromatic nitrogens is 3. The van der Waals surface area contributed by atoms with Crippen LogP contribution >= 0.6 is 11.3 Å². The van der Waals surface area contributed by atoms with Crippen molar-refractivity contribution in [2.75, 3.05) is 51.5 Å². The number of nitrogens with one attached hydrogen (secondary N) is 1. The molecule has 4 heterocycles. The average Bonchev–Trinajstić information content (AvgIpc) is 3.52. The smallest absolute Gasteiger partial charge is 0.261 e. The zero-order valence-corrected chi connectivity index (χ0v) is 20.1. The molecule has 1 aromatic carbocycles. The number of rotatable bonds is 7. The summed E-state index contributed by atoms with van der Waals surface area (Å²) in [7, 11) is 1.62. The van der Waals surface area contributed by atoms with E-state index in [1.165, 1.54) is 16.9 Å². The third kappa shape index (κ3) is 4.68. The molecule has 1 aliphatic heterocycles. The van der Waals surface area contributed by atoms with Crippen molar-refractivity contribution in [3.05, 3.63) is 59.1 Å². The van der Waals surface area contributed by atoms with E-state index < -0.39 is 0 Å². The minimum absolute atomic E-state index is 0.115. The van der Waals surface area contributed by atoms with Crippen LogP contribution in [0.15, 0.2) is 48.7 Å². The van der Waals surface area contributed by atoms with Gasteiger partial charge in [-0.1, -0.05) is 23.8 Å². The number of fused-ring (bicyclic) bond motifs is 1. The first-order valence-corrected chi connectivity index (χ1v) is 12.1. The summed E-state index contributed by atoms with van der Waals surface area (Å²) < 4.78 is 13.4. The van der Waals surface area contributed by atoms with Crippen molar-refractivity contribution in [1.29, 1.82) is 0 Å². The van der Waals surface area contributed by atoms with Gasteiger partial charge in [0, 0.05) is 44.6 Å². The van der Waals surface area contributed by atoms with Crippen molar-refractivity contribution >= 4 is 33.1 Å². The van der Waals surface area contributed by atoms with Gasteiger partial charge in [-0.2, -0.15) is 5.10 Å². The van der Waals surface area contributed by atoms with Crippen molar-refractivity contribution < 1.29 is 14.3 Å². The zero-order valence-electron chi connectivity index (χ0n) is 19.3. The van der Waals surface area contributed by atoms with E-state index in [1.54, 1.807) is 11.8 Å². The van der Waals surface area contributed by atoms with Gasteiger partial charge in [0.15, 0.2) is 5.82 Å². The number of morpholine rings is 1. The van der Waals surface area contributed by atoms with E-state index >= 15 is 0 Å². The molecule has 9 heteroatoms.